The van der Waals surface area contributed by atoms with Gasteiger partial charge in [0.05, 0.1) is 10.6 Å². The predicted molar refractivity (Wildman–Crippen MR) is 145 cm³/mol. The Morgan fingerprint density at radius 3 is 2.48 bits per heavy atom. The van der Waals surface area contributed by atoms with E-state index in [1.165, 1.54) is 36.9 Å². The quantitative estimate of drug-likeness (QED) is 0.426. The summed E-state index contributed by atoms with van der Waals surface area (Å²) in [5, 5.41) is 16.0. The van der Waals surface area contributed by atoms with Crippen molar-refractivity contribution in [3.63, 3.8) is 0 Å². The molecular weight excluding hydrogens is 543 g/mol. The molecule has 40 heavy (non-hydrogen) atoms. The number of rotatable bonds is 7. The number of benzene rings is 1. The lowest BCUT2D eigenvalue weighted by Gasteiger charge is -2.43. The first-order valence-electron chi connectivity index (χ1n) is 13.1. The number of aromatic hydroxyl groups is 1. The molecule has 2 aromatic rings. The van der Waals surface area contributed by atoms with Crippen LogP contribution in [0.1, 0.15) is 54.5 Å². The van der Waals surface area contributed by atoms with Gasteiger partial charge in [-0.15, -0.1) is 0 Å². The van der Waals surface area contributed by atoms with Crippen LogP contribution in [0.2, 0.25) is 5.02 Å². The van der Waals surface area contributed by atoms with Gasteiger partial charge in [-0.25, -0.2) is 9.37 Å². The highest BCUT2D eigenvalue weighted by Gasteiger charge is 2.52. The highest BCUT2D eigenvalue weighted by atomic mass is 35.5. The van der Waals surface area contributed by atoms with Gasteiger partial charge in [0, 0.05) is 44.7 Å². The molecule has 0 spiro atoms. The Kier molecular flexibility index (Phi) is 8.23. The number of likely N-dealkylation sites (N-methyl/N-ethyl adjacent to an activating group) is 1. The number of hydrogen-bond acceptors (Lipinski definition) is 7. The first kappa shape index (κ1) is 29.5. The van der Waals surface area contributed by atoms with Crippen molar-refractivity contribution in [1.29, 1.82) is 0 Å². The molecule has 5 rings (SSSR count). The largest absolute Gasteiger partial charge is 0.501 e. The number of carbonyl (C=O) groups excluding carboxylic acids is 3. The van der Waals surface area contributed by atoms with E-state index >= 15 is 0 Å². The van der Waals surface area contributed by atoms with Crippen LogP contribution in [0, 0.1) is 11.2 Å². The van der Waals surface area contributed by atoms with Crippen LogP contribution in [0.4, 0.5) is 4.39 Å². The molecule has 0 atom stereocenters. The van der Waals surface area contributed by atoms with Gasteiger partial charge in [-0.05, 0) is 45.3 Å². The van der Waals surface area contributed by atoms with Crippen LogP contribution < -0.4 is 16.2 Å². The van der Waals surface area contributed by atoms with E-state index in [2.05, 4.69) is 20.5 Å². The van der Waals surface area contributed by atoms with Crippen LogP contribution in [0.5, 0.6) is 5.75 Å². The van der Waals surface area contributed by atoms with Crippen molar-refractivity contribution in [2.75, 3.05) is 34.2 Å². The molecule has 3 amide bonds. The van der Waals surface area contributed by atoms with Crippen molar-refractivity contribution in [2.24, 2.45) is 5.41 Å². The molecule has 216 valence electrons. The van der Waals surface area contributed by atoms with Crippen LogP contribution >= 0.6 is 11.6 Å². The van der Waals surface area contributed by atoms with Gasteiger partial charge >= 0.3 is 11.8 Å². The third-order valence-corrected chi connectivity index (χ3v) is 8.31. The molecule has 3 heterocycles. The summed E-state index contributed by atoms with van der Waals surface area (Å²) in [5.41, 5.74) is -2.82. The predicted octanol–water partition coefficient (Wildman–Crippen LogP) is 1.60. The summed E-state index contributed by atoms with van der Waals surface area (Å²) >= 11 is 5.82. The number of amides is 3. The Hall–Kier alpha value is -3.51. The summed E-state index contributed by atoms with van der Waals surface area (Å²) in [7, 11) is 4.90. The average Bonchev–Trinajstić information content (AvgIpc) is 3.13. The third-order valence-electron chi connectivity index (χ3n) is 8.02. The van der Waals surface area contributed by atoms with Crippen LogP contribution in [0.3, 0.4) is 0 Å². The van der Waals surface area contributed by atoms with E-state index in [4.69, 9.17) is 11.6 Å². The van der Waals surface area contributed by atoms with E-state index in [1.807, 2.05) is 14.0 Å². The summed E-state index contributed by atoms with van der Waals surface area (Å²) in [4.78, 5) is 59.9. The minimum atomic E-state index is -1.21. The van der Waals surface area contributed by atoms with Crippen molar-refractivity contribution in [3.05, 3.63) is 56.5 Å². The molecule has 13 heteroatoms. The van der Waals surface area contributed by atoms with Gasteiger partial charge in [-0.1, -0.05) is 30.7 Å². The molecule has 1 saturated carbocycles. The summed E-state index contributed by atoms with van der Waals surface area (Å²) < 4.78 is 15.7. The maximum atomic E-state index is 14.3. The fourth-order valence-corrected chi connectivity index (χ4v) is 5.82. The molecule has 0 unspecified atom stereocenters. The molecule has 0 radical (unpaired) electrons. The van der Waals surface area contributed by atoms with Gasteiger partial charge in [0.1, 0.15) is 11.6 Å². The molecular formula is C27H34ClFN6O5. The summed E-state index contributed by atoms with van der Waals surface area (Å²) in [6, 6.07) is 4.34. The number of halogens is 2. The van der Waals surface area contributed by atoms with Gasteiger partial charge in [-0.2, -0.15) is 0 Å². The highest BCUT2D eigenvalue weighted by Crippen LogP contribution is 2.49. The fourth-order valence-electron chi connectivity index (χ4n) is 5.63. The van der Waals surface area contributed by atoms with Crippen LogP contribution in [-0.2, 0) is 28.2 Å². The van der Waals surface area contributed by atoms with Gasteiger partial charge in [-0.3, -0.25) is 23.7 Å². The average molecular weight is 577 g/mol. The van der Waals surface area contributed by atoms with Crippen molar-refractivity contribution >= 4 is 29.3 Å². The van der Waals surface area contributed by atoms with E-state index in [0.717, 1.165) is 11.4 Å². The number of fused-ring (bicyclic) bond motifs is 2. The van der Waals surface area contributed by atoms with Gasteiger partial charge in [0.25, 0.3) is 11.5 Å². The topological polar surface area (TPSA) is 137 Å². The van der Waals surface area contributed by atoms with Gasteiger partial charge < -0.3 is 25.5 Å². The first-order chi connectivity index (χ1) is 18.8. The monoisotopic (exact) mass is 576 g/mol. The minimum absolute atomic E-state index is 0.104. The SMILES string of the molecule is CCN(C)CC12CCC(NC(=O)C(=O)N(C)C)(CC1)c1nc(C(=O)NCc3cccc(Cl)c3F)c(O)c(=O)n1C2. The van der Waals surface area contributed by atoms with Crippen molar-refractivity contribution in [3.8, 4) is 5.75 Å². The van der Waals surface area contributed by atoms with Crippen molar-refractivity contribution in [1.82, 2.24) is 30.0 Å². The number of hydrogen-bond donors (Lipinski definition) is 3. The molecule has 1 fully saturated rings. The summed E-state index contributed by atoms with van der Waals surface area (Å²) in [5.74, 6) is -3.97. The Morgan fingerprint density at radius 2 is 1.85 bits per heavy atom. The second kappa shape index (κ2) is 11.2. The maximum Gasteiger partial charge on any atom is 0.311 e. The molecule has 2 aliphatic heterocycles. The van der Waals surface area contributed by atoms with E-state index in [9.17, 15) is 28.7 Å². The number of aromatic nitrogens is 2. The minimum Gasteiger partial charge on any atom is -0.501 e. The Morgan fingerprint density at radius 1 is 1.18 bits per heavy atom. The highest BCUT2D eigenvalue weighted by molar-refractivity contribution is 6.35. The molecule has 3 N–H and O–H groups in total. The normalized spacial score (nSPS) is 21.5. The molecule has 3 aliphatic rings. The zero-order valence-electron chi connectivity index (χ0n) is 23.0. The number of carbonyl (C=O) groups is 3. The molecule has 0 saturated heterocycles. The maximum absolute atomic E-state index is 14.3. The van der Waals surface area contributed by atoms with Crippen molar-refractivity contribution in [2.45, 2.75) is 51.2 Å². The zero-order chi connectivity index (χ0) is 29.4. The van der Waals surface area contributed by atoms with Crippen LogP contribution in [-0.4, -0.2) is 76.4 Å². The van der Waals surface area contributed by atoms with E-state index in [0.29, 0.717) is 32.2 Å². The van der Waals surface area contributed by atoms with E-state index in [1.54, 1.807) is 0 Å². The molecule has 11 nitrogen and oxygen atoms in total. The molecule has 1 aromatic carbocycles. The lowest BCUT2D eigenvalue weighted by Crippen LogP contribution is -2.54. The smallest absolute Gasteiger partial charge is 0.311 e. The Bertz CT molecular complexity index is 1400. The van der Waals surface area contributed by atoms with Crippen LogP contribution in [0.15, 0.2) is 23.0 Å². The zero-order valence-corrected chi connectivity index (χ0v) is 23.8. The first-order valence-corrected chi connectivity index (χ1v) is 13.5. The summed E-state index contributed by atoms with van der Waals surface area (Å²) in [6.45, 7) is 3.45. The number of nitrogens with zero attached hydrogens (tertiary/aromatic N) is 4. The number of nitrogens with one attached hydrogen (secondary N) is 2. The van der Waals surface area contributed by atoms with Gasteiger partial charge in [0.2, 0.25) is 5.75 Å². The lowest BCUT2D eigenvalue weighted by molar-refractivity contribution is -0.145. The Balaban J connectivity index is 1.77. The fraction of sp³-hybridized carbons (Fsp3) is 0.519. The molecule has 1 aromatic heterocycles. The van der Waals surface area contributed by atoms with E-state index < -0.39 is 46.1 Å². The third kappa shape index (κ3) is 5.42. The van der Waals surface area contributed by atoms with Crippen molar-refractivity contribution < 1.29 is 23.9 Å². The molecule has 2 bridgehead atoms. The van der Waals surface area contributed by atoms with E-state index in [-0.39, 0.29) is 34.9 Å². The standard InChI is InChI=1S/C27H34ClFN6O5/c1-5-34(4)14-26-9-11-27(12-10-26,32-22(38)24(40)33(2)3)25-31-19(20(36)23(39)35(25)15-26)21(37)30-13-16-7-6-8-17(28)18(16)29/h6-8,36H,5,9-15H2,1-4H3,(H,30,37)(H,32,38). The molecule has 1 aliphatic carbocycles. The summed E-state index contributed by atoms with van der Waals surface area (Å²) in [6.07, 6.45) is 1.99. The van der Waals surface area contributed by atoms with Crippen LogP contribution in [0.25, 0.3) is 0 Å². The van der Waals surface area contributed by atoms with Gasteiger partial charge in [0.15, 0.2) is 5.69 Å². The second-order valence-electron chi connectivity index (χ2n) is 11.0. The second-order valence-corrected chi connectivity index (χ2v) is 11.4. The lowest BCUT2D eigenvalue weighted by atomic mass is 9.68. The Labute approximate surface area is 236 Å².